The summed E-state index contributed by atoms with van der Waals surface area (Å²) in [5, 5.41) is 0. The van der Waals surface area contributed by atoms with Crippen LogP contribution in [0.2, 0.25) is 0 Å². The lowest BCUT2D eigenvalue weighted by molar-refractivity contribution is -0.274. The number of benzene rings is 1. The third-order valence-corrected chi connectivity index (χ3v) is 3.37. The molecule has 5 nitrogen and oxygen atoms in total. The zero-order valence-electron chi connectivity index (χ0n) is 14.4. The highest BCUT2D eigenvalue weighted by Gasteiger charge is 2.32. The van der Waals surface area contributed by atoms with Crippen molar-refractivity contribution in [1.82, 2.24) is 4.90 Å². The van der Waals surface area contributed by atoms with Gasteiger partial charge in [0.25, 0.3) is 0 Å². The van der Waals surface area contributed by atoms with Gasteiger partial charge in [0.1, 0.15) is 23.2 Å². The smallest absolute Gasteiger partial charge is 0.488 e. The van der Waals surface area contributed by atoms with Gasteiger partial charge in [-0.05, 0) is 45.7 Å². The first-order valence-electron chi connectivity index (χ1n) is 8.02. The lowest BCUT2D eigenvalue weighted by atomic mass is 10.1. The average Bonchev–Trinajstić information content (AvgIpc) is 2.44. The van der Waals surface area contributed by atoms with Crippen LogP contribution in [-0.2, 0) is 4.74 Å². The molecule has 1 heterocycles. The van der Waals surface area contributed by atoms with Crippen LogP contribution < -0.4 is 9.47 Å². The summed E-state index contributed by atoms with van der Waals surface area (Å²) in [5.41, 5.74) is -0.589. The van der Waals surface area contributed by atoms with Gasteiger partial charge >= 0.3 is 12.5 Å². The van der Waals surface area contributed by atoms with E-state index in [4.69, 9.17) is 9.47 Å². The van der Waals surface area contributed by atoms with Crippen LogP contribution in [0.3, 0.4) is 0 Å². The summed E-state index contributed by atoms with van der Waals surface area (Å²) in [7, 11) is 0. The van der Waals surface area contributed by atoms with Crippen LogP contribution in [0.15, 0.2) is 24.3 Å². The fraction of sp³-hybridized carbons (Fsp3) is 0.588. The van der Waals surface area contributed by atoms with Crippen molar-refractivity contribution in [1.29, 1.82) is 0 Å². The molecule has 0 bridgehead atoms. The maximum absolute atomic E-state index is 12.3. The summed E-state index contributed by atoms with van der Waals surface area (Å²) in [6.07, 6.45) is -4.07. The third kappa shape index (κ3) is 6.72. The number of carbonyl (C=O) groups excluding carboxylic acids is 1. The molecule has 8 heteroatoms. The van der Waals surface area contributed by atoms with Crippen LogP contribution in [-0.4, -0.2) is 42.2 Å². The molecule has 140 valence electrons. The van der Waals surface area contributed by atoms with Gasteiger partial charge in [0, 0.05) is 12.6 Å². The molecule has 1 fully saturated rings. The second-order valence-corrected chi connectivity index (χ2v) is 6.83. The summed E-state index contributed by atoms with van der Waals surface area (Å²) < 4.78 is 51.8. The number of nitrogens with zero attached hydrogens (tertiary/aromatic N) is 1. The van der Waals surface area contributed by atoms with E-state index in [9.17, 15) is 18.0 Å². The van der Waals surface area contributed by atoms with Crippen LogP contribution >= 0.6 is 0 Å². The van der Waals surface area contributed by atoms with Crippen molar-refractivity contribution in [2.75, 3.05) is 13.1 Å². The van der Waals surface area contributed by atoms with Crippen molar-refractivity contribution in [2.24, 2.45) is 0 Å². The summed E-state index contributed by atoms with van der Waals surface area (Å²) in [5.74, 6) is -0.0809. The highest BCUT2D eigenvalue weighted by atomic mass is 19.4. The molecular formula is C17H22F3NO4. The maximum atomic E-state index is 12.3. The molecule has 25 heavy (non-hydrogen) atoms. The molecule has 0 radical (unpaired) electrons. The Morgan fingerprint density at radius 2 is 1.88 bits per heavy atom. The quantitative estimate of drug-likeness (QED) is 0.802. The number of carbonyl (C=O) groups is 1. The van der Waals surface area contributed by atoms with E-state index in [1.807, 2.05) is 0 Å². The van der Waals surface area contributed by atoms with Gasteiger partial charge in [0.15, 0.2) is 0 Å². The highest BCUT2D eigenvalue weighted by molar-refractivity contribution is 5.68. The minimum Gasteiger partial charge on any atom is -0.488 e. The first kappa shape index (κ1) is 19.2. The minimum absolute atomic E-state index is 0.262. The normalized spacial score (nSPS) is 18.6. The van der Waals surface area contributed by atoms with Crippen molar-refractivity contribution >= 4 is 6.09 Å². The second kappa shape index (κ2) is 7.41. The summed E-state index contributed by atoms with van der Waals surface area (Å²) in [4.78, 5) is 13.7. The van der Waals surface area contributed by atoms with E-state index in [1.54, 1.807) is 31.7 Å². The Balaban J connectivity index is 1.96. The lowest BCUT2D eigenvalue weighted by Crippen LogP contribution is -2.46. The fourth-order valence-electron chi connectivity index (χ4n) is 2.46. The van der Waals surface area contributed by atoms with E-state index in [-0.39, 0.29) is 17.6 Å². The molecule has 1 amide bonds. The van der Waals surface area contributed by atoms with Gasteiger partial charge < -0.3 is 19.1 Å². The molecule has 0 aliphatic carbocycles. The second-order valence-electron chi connectivity index (χ2n) is 6.83. The molecular weight excluding hydrogens is 339 g/mol. The molecule has 1 aliphatic rings. The summed E-state index contributed by atoms with van der Waals surface area (Å²) in [6, 6.07) is 5.36. The molecule has 2 rings (SSSR count). The number of hydrogen-bond donors (Lipinski definition) is 0. The maximum Gasteiger partial charge on any atom is 0.573 e. The predicted molar refractivity (Wildman–Crippen MR) is 84.6 cm³/mol. The van der Waals surface area contributed by atoms with Gasteiger partial charge in [0.2, 0.25) is 0 Å². The number of halogens is 3. The molecule has 0 saturated carbocycles. The van der Waals surface area contributed by atoms with Crippen molar-refractivity contribution in [3.8, 4) is 11.5 Å². The molecule has 0 N–H and O–H groups in total. The number of hydrogen-bond acceptors (Lipinski definition) is 4. The minimum atomic E-state index is -4.75. The number of amides is 1. The average molecular weight is 361 g/mol. The number of likely N-dealkylation sites (tertiary alicyclic amines) is 1. The van der Waals surface area contributed by atoms with E-state index in [0.29, 0.717) is 19.5 Å². The van der Waals surface area contributed by atoms with E-state index in [1.165, 1.54) is 18.2 Å². The number of rotatable bonds is 3. The standard InChI is InChI=1S/C17H22F3NO4/c1-16(2,3)25-15(22)21-9-5-8-14(11-21)23-12-6-4-7-13(10-12)24-17(18,19)20/h4,6-7,10,14H,5,8-9,11H2,1-3H3/t14-/m1/s1. The SMILES string of the molecule is CC(C)(C)OC(=O)N1CCC[C@@H](Oc2cccc(OC(F)(F)F)c2)C1. The first-order chi connectivity index (χ1) is 11.5. The zero-order valence-corrected chi connectivity index (χ0v) is 14.4. The number of alkyl halides is 3. The lowest BCUT2D eigenvalue weighted by Gasteiger charge is -2.34. The summed E-state index contributed by atoms with van der Waals surface area (Å²) in [6.45, 7) is 6.24. The highest BCUT2D eigenvalue weighted by Crippen LogP contribution is 2.27. The van der Waals surface area contributed by atoms with E-state index < -0.39 is 18.1 Å². The Bertz CT molecular complexity index is 598. The van der Waals surface area contributed by atoms with Gasteiger partial charge in [-0.3, -0.25) is 0 Å². The fourth-order valence-corrected chi connectivity index (χ4v) is 2.46. The molecule has 1 aliphatic heterocycles. The molecule has 1 aromatic rings. The first-order valence-corrected chi connectivity index (χ1v) is 8.02. The van der Waals surface area contributed by atoms with Gasteiger partial charge in [-0.25, -0.2) is 4.79 Å². The Morgan fingerprint density at radius 3 is 2.52 bits per heavy atom. The monoisotopic (exact) mass is 361 g/mol. The molecule has 0 unspecified atom stereocenters. The van der Waals surface area contributed by atoms with Crippen LogP contribution in [0.5, 0.6) is 11.5 Å². The molecule has 0 aromatic heterocycles. The van der Waals surface area contributed by atoms with Gasteiger partial charge in [-0.15, -0.1) is 13.2 Å². The Labute approximate surface area is 144 Å². The largest absolute Gasteiger partial charge is 0.573 e. The van der Waals surface area contributed by atoms with Crippen molar-refractivity contribution < 1.29 is 32.2 Å². The zero-order chi connectivity index (χ0) is 18.7. The topological polar surface area (TPSA) is 48.0 Å². The molecule has 1 atom stereocenters. The Hall–Kier alpha value is -2.12. The van der Waals surface area contributed by atoms with Crippen molar-refractivity contribution in [3.05, 3.63) is 24.3 Å². The van der Waals surface area contributed by atoms with E-state index in [2.05, 4.69) is 4.74 Å². The predicted octanol–water partition coefficient (Wildman–Crippen LogP) is 4.36. The van der Waals surface area contributed by atoms with Crippen LogP contribution in [0.25, 0.3) is 0 Å². The van der Waals surface area contributed by atoms with Crippen LogP contribution in [0.1, 0.15) is 33.6 Å². The molecule has 1 aromatic carbocycles. The van der Waals surface area contributed by atoms with Gasteiger partial charge in [0.05, 0.1) is 6.54 Å². The van der Waals surface area contributed by atoms with Gasteiger partial charge in [-0.1, -0.05) is 6.07 Å². The van der Waals surface area contributed by atoms with E-state index >= 15 is 0 Å². The number of ether oxygens (including phenoxy) is 3. The van der Waals surface area contributed by atoms with Crippen molar-refractivity contribution in [2.45, 2.75) is 51.7 Å². The van der Waals surface area contributed by atoms with Crippen molar-refractivity contribution in [3.63, 3.8) is 0 Å². The van der Waals surface area contributed by atoms with Crippen LogP contribution in [0, 0.1) is 0 Å². The molecule has 1 saturated heterocycles. The molecule has 0 spiro atoms. The van der Waals surface area contributed by atoms with Gasteiger partial charge in [-0.2, -0.15) is 0 Å². The van der Waals surface area contributed by atoms with Crippen LogP contribution in [0.4, 0.5) is 18.0 Å². The number of piperidine rings is 1. The Kier molecular flexibility index (Phi) is 5.69. The van der Waals surface area contributed by atoms with E-state index in [0.717, 1.165) is 6.42 Å². The Morgan fingerprint density at radius 1 is 1.20 bits per heavy atom. The summed E-state index contributed by atoms with van der Waals surface area (Å²) >= 11 is 0. The third-order valence-electron chi connectivity index (χ3n) is 3.37.